The topological polar surface area (TPSA) is 72.8 Å². The number of carbonyl (C=O) groups is 2. The summed E-state index contributed by atoms with van der Waals surface area (Å²) in [7, 11) is -0.621. The third-order valence-electron chi connectivity index (χ3n) is 5.85. The molecule has 6 heteroatoms. The Morgan fingerprint density at radius 1 is 1.22 bits per heavy atom. The van der Waals surface area contributed by atoms with Gasteiger partial charge in [0.1, 0.15) is 0 Å². The average molecular weight is 397 g/mol. The summed E-state index contributed by atoms with van der Waals surface area (Å²) in [5.41, 5.74) is 0. The van der Waals surface area contributed by atoms with Gasteiger partial charge in [-0.2, -0.15) is 0 Å². The zero-order chi connectivity index (χ0) is 20.8. The number of ether oxygens (including phenoxy) is 1. The highest BCUT2D eigenvalue weighted by molar-refractivity contribution is 6.74. The Morgan fingerprint density at radius 3 is 2.37 bits per heavy atom. The number of allylic oxidation sites excluding steroid dienone is 1. The molecule has 4 atom stereocenters. The number of methoxy groups -OCH3 is 1. The number of hydrogen-bond donors (Lipinski definition) is 1. The summed E-state index contributed by atoms with van der Waals surface area (Å²) in [4.78, 5) is 23.1. The lowest BCUT2D eigenvalue weighted by Crippen LogP contribution is -2.44. The van der Waals surface area contributed by atoms with E-state index in [2.05, 4.69) is 45.2 Å². The Labute approximate surface area is 165 Å². The molecule has 1 rings (SSSR count). The van der Waals surface area contributed by atoms with E-state index in [1.165, 1.54) is 13.2 Å². The second kappa shape index (κ2) is 9.80. The molecule has 0 aromatic carbocycles. The molecule has 0 radical (unpaired) electrons. The van der Waals surface area contributed by atoms with Gasteiger partial charge >= 0.3 is 5.97 Å². The molecule has 0 unspecified atom stereocenters. The number of esters is 1. The van der Waals surface area contributed by atoms with Crippen LogP contribution in [0.15, 0.2) is 24.8 Å². The molecule has 1 fully saturated rings. The van der Waals surface area contributed by atoms with Crippen molar-refractivity contribution in [1.29, 1.82) is 0 Å². The lowest BCUT2D eigenvalue weighted by Gasteiger charge is -2.39. The number of aliphatic hydroxyl groups excluding tert-OH is 1. The van der Waals surface area contributed by atoms with E-state index in [4.69, 9.17) is 4.43 Å². The fourth-order valence-corrected chi connectivity index (χ4v) is 4.48. The fourth-order valence-electron chi connectivity index (χ4n) is 3.11. The number of aliphatic hydroxyl groups is 1. The van der Waals surface area contributed by atoms with Crippen molar-refractivity contribution in [3.8, 4) is 0 Å². The molecule has 154 valence electrons. The standard InChI is InChI=1S/C21H36O5Si/c1-8-16-17(13-12-15(22)10-9-11-20(24)25-5)18(23)14-19(16)26-27(6,7)21(2,3)4/h8,12-13,16-19,23H,1,9-11,14H2,2-7H3/b13-12+/t16-,17+,18+,19-/m1/s1. The van der Waals surface area contributed by atoms with E-state index in [0.717, 1.165) is 0 Å². The highest BCUT2D eigenvalue weighted by Gasteiger charge is 2.46. The van der Waals surface area contributed by atoms with Crippen molar-refractivity contribution >= 4 is 20.1 Å². The van der Waals surface area contributed by atoms with Gasteiger partial charge in [0.05, 0.1) is 19.3 Å². The highest BCUT2D eigenvalue weighted by Crippen LogP contribution is 2.43. The summed E-state index contributed by atoms with van der Waals surface area (Å²) in [5.74, 6) is -0.562. The smallest absolute Gasteiger partial charge is 0.305 e. The van der Waals surface area contributed by atoms with E-state index in [9.17, 15) is 14.7 Å². The summed E-state index contributed by atoms with van der Waals surface area (Å²) in [6.07, 6.45) is 6.05. The van der Waals surface area contributed by atoms with E-state index in [1.54, 1.807) is 6.08 Å². The first-order valence-electron chi connectivity index (χ1n) is 9.69. The van der Waals surface area contributed by atoms with E-state index >= 15 is 0 Å². The summed E-state index contributed by atoms with van der Waals surface area (Å²) in [6.45, 7) is 14.9. The lowest BCUT2D eigenvalue weighted by atomic mass is 9.93. The zero-order valence-electron chi connectivity index (χ0n) is 17.7. The molecule has 5 nitrogen and oxygen atoms in total. The molecule has 0 amide bonds. The average Bonchev–Trinajstić information content (AvgIpc) is 2.85. The minimum Gasteiger partial charge on any atom is -0.469 e. The predicted molar refractivity (Wildman–Crippen MR) is 110 cm³/mol. The first-order chi connectivity index (χ1) is 12.4. The van der Waals surface area contributed by atoms with Crippen LogP contribution in [0.5, 0.6) is 0 Å². The van der Waals surface area contributed by atoms with Crippen LogP contribution in [0.25, 0.3) is 0 Å². The molecule has 0 bridgehead atoms. The van der Waals surface area contributed by atoms with Crippen LogP contribution in [0, 0.1) is 11.8 Å². The summed E-state index contributed by atoms with van der Waals surface area (Å²) < 4.78 is 11.1. The van der Waals surface area contributed by atoms with Crippen molar-refractivity contribution in [1.82, 2.24) is 0 Å². The van der Waals surface area contributed by atoms with E-state index in [1.807, 2.05) is 6.08 Å². The molecule has 1 N–H and O–H groups in total. The molecule has 0 spiro atoms. The van der Waals surface area contributed by atoms with Gasteiger partial charge in [0.25, 0.3) is 0 Å². The molecule has 1 aliphatic rings. The monoisotopic (exact) mass is 396 g/mol. The maximum atomic E-state index is 12.0. The minimum absolute atomic E-state index is 0.0201. The van der Waals surface area contributed by atoms with Gasteiger partial charge in [-0.3, -0.25) is 9.59 Å². The minimum atomic E-state index is -1.96. The van der Waals surface area contributed by atoms with Crippen molar-refractivity contribution in [2.24, 2.45) is 11.8 Å². The van der Waals surface area contributed by atoms with Gasteiger partial charge in [0, 0.05) is 24.7 Å². The number of hydrogen-bond acceptors (Lipinski definition) is 5. The predicted octanol–water partition coefficient (Wildman–Crippen LogP) is 4.03. The second-order valence-corrected chi connectivity index (χ2v) is 13.6. The Hall–Kier alpha value is -1.24. The van der Waals surface area contributed by atoms with Gasteiger partial charge in [-0.05, 0) is 37.0 Å². The third-order valence-corrected chi connectivity index (χ3v) is 10.4. The molecule has 0 heterocycles. The third kappa shape index (κ3) is 6.70. The summed E-state index contributed by atoms with van der Waals surface area (Å²) in [6, 6.07) is 0. The van der Waals surface area contributed by atoms with Crippen LogP contribution in [0.1, 0.15) is 46.5 Å². The highest BCUT2D eigenvalue weighted by atomic mass is 28.4. The van der Waals surface area contributed by atoms with Crippen LogP contribution in [0.4, 0.5) is 0 Å². The van der Waals surface area contributed by atoms with Crippen LogP contribution in [0.2, 0.25) is 18.1 Å². The van der Waals surface area contributed by atoms with Crippen LogP contribution in [-0.4, -0.2) is 44.5 Å². The molecular formula is C21H36O5Si. The number of ketones is 1. The molecule has 1 aliphatic carbocycles. The van der Waals surface area contributed by atoms with E-state index in [-0.39, 0.29) is 47.6 Å². The molecule has 0 saturated heterocycles. The number of rotatable bonds is 9. The van der Waals surface area contributed by atoms with Gasteiger partial charge in [0.2, 0.25) is 0 Å². The van der Waals surface area contributed by atoms with E-state index in [0.29, 0.717) is 12.8 Å². The van der Waals surface area contributed by atoms with Gasteiger partial charge in [-0.1, -0.05) is 32.9 Å². The van der Waals surface area contributed by atoms with Crippen molar-refractivity contribution < 1.29 is 23.9 Å². The molecule has 1 saturated carbocycles. The normalized spacial score (nSPS) is 26.3. The maximum Gasteiger partial charge on any atom is 0.305 e. The molecule has 27 heavy (non-hydrogen) atoms. The van der Waals surface area contributed by atoms with Crippen LogP contribution in [0.3, 0.4) is 0 Å². The molecule has 0 aliphatic heterocycles. The van der Waals surface area contributed by atoms with Crippen molar-refractivity contribution in [2.75, 3.05) is 7.11 Å². The molecular weight excluding hydrogens is 360 g/mol. The Kier molecular flexibility index (Phi) is 8.64. The Morgan fingerprint density at radius 2 is 1.85 bits per heavy atom. The first kappa shape index (κ1) is 23.8. The van der Waals surface area contributed by atoms with Gasteiger partial charge in [-0.15, -0.1) is 6.58 Å². The molecule has 0 aromatic rings. The zero-order valence-corrected chi connectivity index (χ0v) is 18.7. The van der Waals surface area contributed by atoms with Crippen LogP contribution in [-0.2, 0) is 18.8 Å². The Bertz CT molecular complexity index is 561. The van der Waals surface area contributed by atoms with Gasteiger partial charge < -0.3 is 14.3 Å². The largest absolute Gasteiger partial charge is 0.469 e. The van der Waals surface area contributed by atoms with Gasteiger partial charge in [0.15, 0.2) is 14.1 Å². The quantitative estimate of drug-likeness (QED) is 0.276. The second-order valence-electron chi connectivity index (χ2n) is 8.87. The first-order valence-corrected chi connectivity index (χ1v) is 12.6. The van der Waals surface area contributed by atoms with Crippen LogP contribution >= 0.6 is 0 Å². The molecule has 0 aromatic heterocycles. The SMILES string of the molecule is C=C[C@@H]1[C@H](/C=C/C(=O)CCCC(=O)OC)[C@@H](O)C[C@H]1O[Si](C)(C)C(C)(C)C. The number of carbonyl (C=O) groups excluding carboxylic acids is 2. The summed E-state index contributed by atoms with van der Waals surface area (Å²) in [5, 5.41) is 10.6. The van der Waals surface area contributed by atoms with Crippen LogP contribution < -0.4 is 0 Å². The van der Waals surface area contributed by atoms with Crippen molar-refractivity contribution in [3.63, 3.8) is 0 Å². The fraction of sp³-hybridized carbons (Fsp3) is 0.714. The maximum absolute atomic E-state index is 12.0. The van der Waals surface area contributed by atoms with Crippen molar-refractivity contribution in [2.45, 2.75) is 76.8 Å². The van der Waals surface area contributed by atoms with E-state index < -0.39 is 14.4 Å². The summed E-state index contributed by atoms with van der Waals surface area (Å²) >= 11 is 0. The van der Waals surface area contributed by atoms with Crippen molar-refractivity contribution in [3.05, 3.63) is 24.8 Å². The Balaban J connectivity index is 2.71. The lowest BCUT2D eigenvalue weighted by molar-refractivity contribution is -0.140. The van der Waals surface area contributed by atoms with Gasteiger partial charge in [-0.25, -0.2) is 0 Å².